The number of nitrogens with two attached hydrogens (primary N) is 1. The first-order chi connectivity index (χ1) is 9.45. The van der Waals surface area contributed by atoms with Crippen LogP contribution in [0.2, 0.25) is 0 Å². The molecule has 4 heteroatoms. The van der Waals surface area contributed by atoms with Gasteiger partial charge in [-0.3, -0.25) is 4.79 Å². The first-order valence-electron chi connectivity index (χ1n) is 8.01. The van der Waals surface area contributed by atoms with Gasteiger partial charge in [-0.1, -0.05) is 33.6 Å². The van der Waals surface area contributed by atoms with E-state index in [1.807, 2.05) is 13.8 Å². The lowest BCUT2D eigenvalue weighted by Crippen LogP contribution is -2.36. The molecule has 0 aromatic rings. The maximum atomic E-state index is 10.8. The molecule has 21 heavy (non-hydrogen) atoms. The summed E-state index contributed by atoms with van der Waals surface area (Å²) in [6, 6.07) is 0. The molecule has 0 aromatic carbocycles. The first kappa shape index (κ1) is 20.4. The third-order valence-corrected chi connectivity index (χ3v) is 4.36. The van der Waals surface area contributed by atoms with Gasteiger partial charge in [0.25, 0.3) is 0 Å². The van der Waals surface area contributed by atoms with E-state index >= 15 is 0 Å². The van der Waals surface area contributed by atoms with Crippen LogP contribution in [-0.4, -0.2) is 30.3 Å². The lowest BCUT2D eigenvalue weighted by molar-refractivity contribution is -0.131. The summed E-state index contributed by atoms with van der Waals surface area (Å²) >= 11 is 0. The number of amides is 1. The van der Waals surface area contributed by atoms with Crippen molar-refractivity contribution in [1.82, 2.24) is 0 Å². The molecule has 0 heterocycles. The van der Waals surface area contributed by atoms with Crippen molar-refractivity contribution in [3.8, 4) is 0 Å². The van der Waals surface area contributed by atoms with Crippen molar-refractivity contribution < 1.29 is 14.3 Å². The second-order valence-corrected chi connectivity index (χ2v) is 7.57. The van der Waals surface area contributed by atoms with Crippen LogP contribution < -0.4 is 5.73 Å². The van der Waals surface area contributed by atoms with Crippen LogP contribution in [0.15, 0.2) is 0 Å². The van der Waals surface area contributed by atoms with Crippen molar-refractivity contribution in [2.24, 2.45) is 11.1 Å². The highest BCUT2D eigenvalue weighted by molar-refractivity contribution is 5.75. The second kappa shape index (κ2) is 8.14. The molecule has 0 fully saturated rings. The summed E-state index contributed by atoms with van der Waals surface area (Å²) in [6.07, 6.45) is 4.08. The van der Waals surface area contributed by atoms with Crippen LogP contribution in [0.3, 0.4) is 0 Å². The minimum atomic E-state index is -0.439. The molecule has 1 amide bonds. The number of ether oxygens (including phenoxy) is 2. The molecule has 126 valence electrons. The van der Waals surface area contributed by atoms with Crippen molar-refractivity contribution in [1.29, 1.82) is 0 Å². The molecule has 0 aliphatic carbocycles. The van der Waals surface area contributed by atoms with Gasteiger partial charge in [0.1, 0.15) is 6.61 Å². The zero-order chi connectivity index (χ0) is 16.7. The fourth-order valence-corrected chi connectivity index (χ4v) is 2.49. The Bertz CT molecular complexity index is 320. The normalized spacial score (nSPS) is 13.5. The van der Waals surface area contributed by atoms with Gasteiger partial charge in [-0.05, 0) is 46.0 Å². The average molecular weight is 301 g/mol. The van der Waals surface area contributed by atoms with E-state index in [1.165, 1.54) is 0 Å². The molecule has 0 aromatic heterocycles. The van der Waals surface area contributed by atoms with Crippen molar-refractivity contribution in [2.45, 2.75) is 85.4 Å². The van der Waals surface area contributed by atoms with Gasteiger partial charge in [0.2, 0.25) is 5.91 Å². The van der Waals surface area contributed by atoms with Gasteiger partial charge in [-0.15, -0.1) is 0 Å². The highest BCUT2D eigenvalue weighted by atomic mass is 16.5. The molecule has 0 aliphatic heterocycles. The van der Waals surface area contributed by atoms with Gasteiger partial charge < -0.3 is 15.2 Å². The van der Waals surface area contributed by atoms with E-state index in [1.54, 1.807) is 0 Å². The highest BCUT2D eigenvalue weighted by Gasteiger charge is 2.31. The van der Waals surface area contributed by atoms with E-state index in [0.29, 0.717) is 12.0 Å². The molecule has 0 atom stereocenters. The molecule has 0 aliphatic rings. The largest absolute Gasteiger partial charge is 0.375 e. The molecule has 0 saturated heterocycles. The van der Waals surface area contributed by atoms with Gasteiger partial charge in [0.15, 0.2) is 0 Å². The fraction of sp³-hybridized carbons (Fsp3) is 0.941. The molecule has 0 rings (SSSR count). The van der Waals surface area contributed by atoms with Gasteiger partial charge >= 0.3 is 0 Å². The third kappa shape index (κ3) is 9.10. The monoisotopic (exact) mass is 301 g/mol. The SMILES string of the molecule is CCC(C)(CC)CC(C)(C)OCCC(C)(C)OCC(N)=O. The Kier molecular flexibility index (Phi) is 7.90. The predicted octanol–water partition coefficient (Wildman–Crippen LogP) is 3.67. The van der Waals surface area contributed by atoms with Crippen LogP contribution in [0.1, 0.15) is 74.1 Å². The van der Waals surface area contributed by atoms with Gasteiger partial charge in [0.05, 0.1) is 17.8 Å². The zero-order valence-corrected chi connectivity index (χ0v) is 15.0. The number of hydrogen-bond donors (Lipinski definition) is 1. The zero-order valence-electron chi connectivity index (χ0n) is 15.0. The van der Waals surface area contributed by atoms with E-state index in [-0.39, 0.29) is 12.2 Å². The molecule has 0 saturated carbocycles. The lowest BCUT2D eigenvalue weighted by Gasteiger charge is -2.37. The van der Waals surface area contributed by atoms with Crippen molar-refractivity contribution in [3.05, 3.63) is 0 Å². The molecule has 0 radical (unpaired) electrons. The number of hydrogen-bond acceptors (Lipinski definition) is 3. The van der Waals surface area contributed by atoms with Crippen LogP contribution in [0.4, 0.5) is 0 Å². The number of carbonyl (C=O) groups is 1. The summed E-state index contributed by atoms with van der Waals surface area (Å²) in [6.45, 7) is 15.6. The Labute approximate surface area is 130 Å². The maximum absolute atomic E-state index is 10.8. The molecule has 2 N–H and O–H groups in total. The number of carbonyl (C=O) groups excluding carboxylic acids is 1. The molecule has 4 nitrogen and oxygen atoms in total. The summed E-state index contributed by atoms with van der Waals surface area (Å²) in [7, 11) is 0. The van der Waals surface area contributed by atoms with E-state index in [9.17, 15) is 4.79 Å². The number of rotatable bonds is 11. The van der Waals surface area contributed by atoms with Gasteiger partial charge in [-0.25, -0.2) is 0 Å². The van der Waals surface area contributed by atoms with Crippen LogP contribution in [0.5, 0.6) is 0 Å². The Morgan fingerprint density at radius 2 is 1.48 bits per heavy atom. The van der Waals surface area contributed by atoms with E-state index in [2.05, 4.69) is 34.6 Å². The smallest absolute Gasteiger partial charge is 0.243 e. The Balaban J connectivity index is 4.28. The second-order valence-electron chi connectivity index (χ2n) is 7.57. The van der Waals surface area contributed by atoms with Crippen LogP contribution >= 0.6 is 0 Å². The summed E-state index contributed by atoms with van der Waals surface area (Å²) in [4.78, 5) is 10.8. The Morgan fingerprint density at radius 1 is 0.952 bits per heavy atom. The quantitative estimate of drug-likeness (QED) is 0.633. The van der Waals surface area contributed by atoms with Crippen molar-refractivity contribution in [2.75, 3.05) is 13.2 Å². The predicted molar refractivity (Wildman–Crippen MR) is 87.2 cm³/mol. The fourth-order valence-electron chi connectivity index (χ4n) is 2.49. The molecule has 0 unspecified atom stereocenters. The van der Waals surface area contributed by atoms with Gasteiger partial charge in [0, 0.05) is 0 Å². The maximum Gasteiger partial charge on any atom is 0.243 e. The van der Waals surface area contributed by atoms with Crippen molar-refractivity contribution in [3.63, 3.8) is 0 Å². The Hall–Kier alpha value is -0.610. The minimum Gasteiger partial charge on any atom is -0.375 e. The van der Waals surface area contributed by atoms with Gasteiger partial charge in [-0.2, -0.15) is 0 Å². The Morgan fingerprint density at radius 3 is 1.90 bits per heavy atom. The summed E-state index contributed by atoms with van der Waals surface area (Å²) < 4.78 is 11.6. The van der Waals surface area contributed by atoms with E-state index in [4.69, 9.17) is 15.2 Å². The van der Waals surface area contributed by atoms with Crippen LogP contribution in [-0.2, 0) is 14.3 Å². The van der Waals surface area contributed by atoms with Crippen molar-refractivity contribution >= 4 is 5.91 Å². The van der Waals surface area contributed by atoms with E-state index in [0.717, 1.165) is 25.7 Å². The van der Waals surface area contributed by atoms with E-state index < -0.39 is 11.5 Å². The summed E-state index contributed by atoms with van der Waals surface area (Å²) in [5.41, 5.74) is 4.87. The lowest BCUT2D eigenvalue weighted by atomic mass is 9.76. The molecule has 0 spiro atoms. The third-order valence-electron chi connectivity index (χ3n) is 4.36. The topological polar surface area (TPSA) is 61.6 Å². The minimum absolute atomic E-state index is 0.0415. The van der Waals surface area contributed by atoms with Crippen LogP contribution in [0.25, 0.3) is 0 Å². The molecule has 0 bridgehead atoms. The standard InChI is InChI=1S/C17H35NO3/c1-8-17(7,9-2)13-16(5,6)20-11-10-15(3,4)21-12-14(18)19/h8-13H2,1-7H3,(H2,18,19). The molecular weight excluding hydrogens is 266 g/mol. The summed E-state index contributed by atoms with van der Waals surface area (Å²) in [5.74, 6) is -0.439. The average Bonchev–Trinajstić information content (AvgIpc) is 2.35. The highest BCUT2D eigenvalue weighted by Crippen LogP contribution is 2.36. The first-order valence-corrected chi connectivity index (χ1v) is 8.01. The molecular formula is C17H35NO3. The van der Waals surface area contributed by atoms with Crippen LogP contribution in [0, 0.1) is 5.41 Å². The number of primary amides is 1. The summed E-state index contributed by atoms with van der Waals surface area (Å²) in [5, 5.41) is 0.